The van der Waals surface area contributed by atoms with Crippen LogP contribution in [-0.2, 0) is 0 Å². The third-order valence-electron chi connectivity index (χ3n) is 5.12. The number of piperazine rings is 1. The Hall–Kier alpha value is -3.84. The zero-order chi connectivity index (χ0) is 22.3. The molecule has 32 heavy (non-hydrogen) atoms. The number of nitriles is 1. The fraction of sp³-hybridized carbons (Fsp3) is 0.364. The number of aromatic nitrogens is 4. The number of hydrogen-bond donors (Lipinski definition) is 4. The molecule has 1 fully saturated rings. The van der Waals surface area contributed by atoms with E-state index in [2.05, 4.69) is 47.1 Å². The molecule has 3 aromatic heterocycles. The number of rotatable bonds is 8. The maximum atomic E-state index is 9.54. The van der Waals surface area contributed by atoms with Gasteiger partial charge in [-0.1, -0.05) is 0 Å². The van der Waals surface area contributed by atoms with Gasteiger partial charge in [0.2, 0.25) is 0 Å². The molecule has 0 atom stereocenters. The molecule has 4 N–H and O–H groups in total. The van der Waals surface area contributed by atoms with Crippen LogP contribution in [0.25, 0.3) is 0 Å². The molecule has 0 spiro atoms. The molecular weight excluding hydrogens is 406 g/mol. The Labute approximate surface area is 187 Å². The Morgan fingerprint density at radius 3 is 2.72 bits per heavy atom. The van der Waals surface area contributed by atoms with Gasteiger partial charge in [0.15, 0.2) is 5.82 Å². The first-order valence-electron chi connectivity index (χ1n) is 10.6. The van der Waals surface area contributed by atoms with Crippen LogP contribution in [0.15, 0.2) is 30.5 Å². The summed E-state index contributed by atoms with van der Waals surface area (Å²) in [5.74, 6) is 3.47. The molecule has 3 aromatic rings. The molecule has 0 radical (unpaired) electrons. The Kier molecular flexibility index (Phi) is 6.67. The van der Waals surface area contributed by atoms with Gasteiger partial charge in [-0.25, -0.2) is 9.97 Å². The summed E-state index contributed by atoms with van der Waals surface area (Å²) in [6, 6.07) is 9.86. The first-order chi connectivity index (χ1) is 15.6. The molecule has 0 amide bonds. The van der Waals surface area contributed by atoms with E-state index in [1.807, 2.05) is 38.1 Å². The number of nitrogens with one attached hydrogen (secondary N) is 4. The third kappa shape index (κ3) is 5.25. The van der Waals surface area contributed by atoms with Crippen molar-refractivity contribution < 1.29 is 4.74 Å². The summed E-state index contributed by atoms with van der Waals surface area (Å²) >= 11 is 0. The Balaban J connectivity index is 1.33. The van der Waals surface area contributed by atoms with Gasteiger partial charge in [-0.05, 0) is 37.6 Å². The van der Waals surface area contributed by atoms with Crippen LogP contribution in [0.5, 0.6) is 5.75 Å². The molecule has 1 aliphatic rings. The van der Waals surface area contributed by atoms with Crippen molar-refractivity contribution in [2.75, 3.05) is 54.9 Å². The minimum atomic E-state index is 0.413. The lowest BCUT2D eigenvalue weighted by Crippen LogP contribution is -2.43. The minimum Gasteiger partial charge on any atom is -0.490 e. The van der Waals surface area contributed by atoms with Gasteiger partial charge in [0.05, 0.1) is 18.3 Å². The highest BCUT2D eigenvalue weighted by Gasteiger charge is 2.12. The van der Waals surface area contributed by atoms with Crippen molar-refractivity contribution in [3.63, 3.8) is 0 Å². The van der Waals surface area contributed by atoms with E-state index < -0.39 is 0 Å². The summed E-state index contributed by atoms with van der Waals surface area (Å²) in [4.78, 5) is 11.3. The Bertz CT molecular complexity index is 1080. The van der Waals surface area contributed by atoms with Crippen molar-refractivity contribution in [3.8, 4) is 11.8 Å². The van der Waals surface area contributed by atoms with Crippen molar-refractivity contribution in [2.45, 2.75) is 13.8 Å². The van der Waals surface area contributed by atoms with Crippen LogP contribution in [0.2, 0.25) is 0 Å². The molecule has 10 nitrogen and oxygen atoms in total. The molecule has 0 bridgehead atoms. The summed E-state index contributed by atoms with van der Waals surface area (Å²) in [5, 5.41) is 26.3. The Morgan fingerprint density at radius 2 is 2.03 bits per heavy atom. The maximum absolute atomic E-state index is 9.54. The minimum absolute atomic E-state index is 0.413. The van der Waals surface area contributed by atoms with Gasteiger partial charge in [0, 0.05) is 37.9 Å². The summed E-state index contributed by atoms with van der Waals surface area (Å²) in [7, 11) is 0. The molecule has 166 valence electrons. The van der Waals surface area contributed by atoms with Gasteiger partial charge in [-0.15, -0.1) is 0 Å². The quantitative estimate of drug-likeness (QED) is 0.396. The largest absolute Gasteiger partial charge is 0.490 e. The number of hydrogen-bond acceptors (Lipinski definition) is 9. The average molecular weight is 434 g/mol. The highest BCUT2D eigenvalue weighted by Crippen LogP contribution is 2.23. The van der Waals surface area contributed by atoms with Gasteiger partial charge in [0.1, 0.15) is 35.9 Å². The van der Waals surface area contributed by atoms with Gasteiger partial charge >= 0.3 is 0 Å². The number of H-pyrrole nitrogens is 1. The van der Waals surface area contributed by atoms with Crippen molar-refractivity contribution in [2.24, 2.45) is 0 Å². The summed E-state index contributed by atoms with van der Waals surface area (Å²) in [6.45, 7) is 8.58. The van der Waals surface area contributed by atoms with Crippen LogP contribution in [0.1, 0.15) is 16.8 Å². The first-order valence-corrected chi connectivity index (χ1v) is 10.6. The SMILES string of the molecule is Cc1cc(Nc2cc(C)c(C#N)c(NCCOc3ccc(N4CCNCC4)nc3)n2)n[nH]1. The van der Waals surface area contributed by atoms with Crippen LogP contribution >= 0.6 is 0 Å². The lowest BCUT2D eigenvalue weighted by Gasteiger charge is -2.28. The number of nitrogens with zero attached hydrogens (tertiary/aromatic N) is 5. The van der Waals surface area contributed by atoms with Crippen molar-refractivity contribution in [1.82, 2.24) is 25.5 Å². The average Bonchev–Trinajstić information content (AvgIpc) is 3.22. The summed E-state index contributed by atoms with van der Waals surface area (Å²) in [6.07, 6.45) is 1.75. The molecule has 0 unspecified atom stereocenters. The van der Waals surface area contributed by atoms with Crippen LogP contribution in [0.3, 0.4) is 0 Å². The number of anilines is 4. The van der Waals surface area contributed by atoms with Crippen molar-refractivity contribution >= 4 is 23.3 Å². The fourth-order valence-electron chi connectivity index (χ4n) is 3.50. The summed E-state index contributed by atoms with van der Waals surface area (Å²) in [5.41, 5.74) is 2.29. The predicted molar refractivity (Wildman–Crippen MR) is 124 cm³/mol. The number of ether oxygens (including phenoxy) is 1. The highest BCUT2D eigenvalue weighted by molar-refractivity contribution is 5.63. The van der Waals surface area contributed by atoms with Gasteiger partial charge in [0.25, 0.3) is 0 Å². The highest BCUT2D eigenvalue weighted by atomic mass is 16.5. The monoisotopic (exact) mass is 433 g/mol. The topological polar surface area (TPSA) is 127 Å². The van der Waals surface area contributed by atoms with E-state index in [0.717, 1.165) is 43.3 Å². The second-order valence-electron chi connectivity index (χ2n) is 7.59. The normalized spacial score (nSPS) is 13.5. The van der Waals surface area contributed by atoms with E-state index in [1.54, 1.807) is 6.20 Å². The molecule has 4 rings (SSSR count). The zero-order valence-corrected chi connectivity index (χ0v) is 18.3. The number of aromatic amines is 1. The molecule has 1 aliphatic heterocycles. The van der Waals surface area contributed by atoms with E-state index in [-0.39, 0.29) is 0 Å². The third-order valence-corrected chi connectivity index (χ3v) is 5.12. The molecule has 0 aliphatic carbocycles. The maximum Gasteiger partial charge on any atom is 0.153 e. The lowest BCUT2D eigenvalue weighted by atomic mass is 10.1. The van der Waals surface area contributed by atoms with Crippen molar-refractivity contribution in [3.05, 3.63) is 47.3 Å². The van der Waals surface area contributed by atoms with Crippen LogP contribution in [0.4, 0.5) is 23.3 Å². The molecule has 4 heterocycles. The molecule has 0 saturated carbocycles. The molecule has 10 heteroatoms. The smallest absolute Gasteiger partial charge is 0.153 e. The van der Waals surface area contributed by atoms with Gasteiger partial charge < -0.3 is 25.6 Å². The second kappa shape index (κ2) is 9.98. The van der Waals surface area contributed by atoms with Gasteiger partial charge in [-0.2, -0.15) is 10.4 Å². The van der Waals surface area contributed by atoms with E-state index in [4.69, 9.17) is 4.74 Å². The van der Waals surface area contributed by atoms with E-state index in [1.165, 1.54) is 0 Å². The van der Waals surface area contributed by atoms with Crippen LogP contribution < -0.4 is 25.6 Å². The second-order valence-corrected chi connectivity index (χ2v) is 7.59. The van der Waals surface area contributed by atoms with E-state index in [0.29, 0.717) is 41.9 Å². The van der Waals surface area contributed by atoms with Crippen LogP contribution in [0, 0.1) is 25.2 Å². The first kappa shape index (κ1) is 21.4. The van der Waals surface area contributed by atoms with Crippen LogP contribution in [-0.4, -0.2) is 59.5 Å². The van der Waals surface area contributed by atoms with E-state index in [9.17, 15) is 5.26 Å². The lowest BCUT2D eigenvalue weighted by molar-refractivity contribution is 0.331. The molecule has 0 aromatic carbocycles. The number of aryl methyl sites for hydroxylation is 2. The fourth-order valence-corrected chi connectivity index (χ4v) is 3.50. The summed E-state index contributed by atoms with van der Waals surface area (Å²) < 4.78 is 5.81. The molecular formula is C22H27N9O. The predicted octanol–water partition coefficient (Wildman–Crippen LogP) is 2.33. The zero-order valence-electron chi connectivity index (χ0n) is 18.3. The Morgan fingerprint density at radius 1 is 1.19 bits per heavy atom. The van der Waals surface area contributed by atoms with Crippen molar-refractivity contribution in [1.29, 1.82) is 5.26 Å². The number of pyridine rings is 2. The van der Waals surface area contributed by atoms with E-state index >= 15 is 0 Å². The standard InChI is InChI=1S/C22H27N9O/c1-15-11-19(27-20-12-16(2)29-30-20)28-22(18(15)13-23)25-7-10-32-17-3-4-21(26-14-17)31-8-5-24-6-9-31/h3-4,11-12,14,24H,5-10H2,1-2H3,(H3,25,27,28,29,30). The van der Waals surface area contributed by atoms with Gasteiger partial charge in [-0.3, -0.25) is 5.10 Å². The molecule has 1 saturated heterocycles.